The van der Waals surface area contributed by atoms with Crippen LogP contribution in [-0.4, -0.2) is 26.2 Å². The zero-order chi connectivity index (χ0) is 14.6. The van der Waals surface area contributed by atoms with E-state index in [0.717, 1.165) is 0 Å². The Morgan fingerprint density at radius 1 is 1.42 bits per heavy atom. The quantitative estimate of drug-likeness (QED) is 0.681. The highest BCUT2D eigenvalue weighted by Gasteiger charge is 2.22. The third-order valence-corrected chi connectivity index (χ3v) is 5.04. The number of anilines is 1. The van der Waals surface area contributed by atoms with Gasteiger partial charge in [-0.1, -0.05) is 13.8 Å². The number of aliphatic hydroxyl groups is 1. The molecular weight excluding hydrogens is 332 g/mol. The fourth-order valence-electron chi connectivity index (χ4n) is 1.62. The van der Waals surface area contributed by atoms with Gasteiger partial charge in [0.2, 0.25) is 10.0 Å². The van der Waals surface area contributed by atoms with Crippen molar-refractivity contribution in [1.29, 1.82) is 0 Å². The maximum Gasteiger partial charge on any atom is 0.240 e. The summed E-state index contributed by atoms with van der Waals surface area (Å²) in [4.78, 5) is 0.122. The Morgan fingerprint density at radius 3 is 2.53 bits per heavy atom. The van der Waals surface area contributed by atoms with Crippen LogP contribution >= 0.6 is 15.9 Å². The number of nitrogens with one attached hydrogen (secondary N) is 1. The molecule has 0 aliphatic heterocycles. The molecule has 1 rings (SSSR count). The van der Waals surface area contributed by atoms with E-state index >= 15 is 0 Å². The molecule has 19 heavy (non-hydrogen) atoms. The zero-order valence-corrected chi connectivity index (χ0v) is 13.3. The second kappa shape index (κ2) is 6.69. The molecule has 1 aromatic rings. The lowest BCUT2D eigenvalue weighted by molar-refractivity contribution is 0.256. The molecule has 0 aliphatic carbocycles. The molecule has 4 N–H and O–H groups in total. The summed E-state index contributed by atoms with van der Waals surface area (Å²) >= 11 is 3.22. The van der Waals surface area contributed by atoms with Crippen molar-refractivity contribution >= 4 is 31.6 Å². The Bertz CT molecular complexity index is 532. The van der Waals surface area contributed by atoms with Gasteiger partial charge in [0.1, 0.15) is 0 Å². The molecule has 1 unspecified atom stereocenters. The van der Waals surface area contributed by atoms with E-state index in [0.29, 0.717) is 16.6 Å². The topological polar surface area (TPSA) is 92.4 Å². The zero-order valence-electron chi connectivity index (χ0n) is 10.9. The van der Waals surface area contributed by atoms with Gasteiger partial charge in [-0.2, -0.15) is 0 Å². The first kappa shape index (κ1) is 16.4. The average molecular weight is 351 g/mol. The molecule has 0 saturated carbocycles. The highest BCUT2D eigenvalue weighted by atomic mass is 79.9. The van der Waals surface area contributed by atoms with Gasteiger partial charge < -0.3 is 10.8 Å². The van der Waals surface area contributed by atoms with Crippen LogP contribution in [0.5, 0.6) is 0 Å². The van der Waals surface area contributed by atoms with Crippen molar-refractivity contribution in [2.24, 2.45) is 5.92 Å². The maximum atomic E-state index is 12.2. The molecule has 0 fully saturated rings. The summed E-state index contributed by atoms with van der Waals surface area (Å²) in [6, 6.07) is 4.18. The van der Waals surface area contributed by atoms with Crippen LogP contribution in [0.4, 0.5) is 5.69 Å². The number of rotatable bonds is 6. The first-order chi connectivity index (χ1) is 8.77. The standard InChI is InChI=1S/C12H19BrN2O3S/c1-8(2)12(5-6-16)15-19(17,18)9-3-4-10(13)11(14)7-9/h3-4,7-8,12,15-16H,5-6,14H2,1-2H3. The van der Waals surface area contributed by atoms with Crippen molar-refractivity contribution in [3.05, 3.63) is 22.7 Å². The van der Waals surface area contributed by atoms with Gasteiger partial charge in [-0.25, -0.2) is 13.1 Å². The van der Waals surface area contributed by atoms with Crippen molar-refractivity contribution in [3.8, 4) is 0 Å². The molecule has 108 valence electrons. The largest absolute Gasteiger partial charge is 0.398 e. The number of benzene rings is 1. The fraction of sp³-hybridized carbons (Fsp3) is 0.500. The molecule has 5 nitrogen and oxygen atoms in total. The third-order valence-electron chi connectivity index (χ3n) is 2.83. The highest BCUT2D eigenvalue weighted by molar-refractivity contribution is 9.10. The number of nitrogens with two attached hydrogens (primary N) is 1. The minimum atomic E-state index is -3.63. The predicted molar refractivity (Wildman–Crippen MR) is 79.2 cm³/mol. The molecule has 0 aliphatic rings. The van der Waals surface area contributed by atoms with E-state index in [1.54, 1.807) is 6.07 Å². The van der Waals surface area contributed by atoms with E-state index in [4.69, 9.17) is 10.8 Å². The molecule has 1 aromatic carbocycles. The van der Waals surface area contributed by atoms with Crippen LogP contribution in [0.25, 0.3) is 0 Å². The van der Waals surface area contributed by atoms with E-state index in [-0.39, 0.29) is 23.5 Å². The van der Waals surface area contributed by atoms with E-state index in [9.17, 15) is 8.42 Å². The number of aliphatic hydroxyl groups excluding tert-OH is 1. The molecular formula is C12H19BrN2O3S. The number of sulfonamides is 1. The van der Waals surface area contributed by atoms with Crippen LogP contribution in [0.3, 0.4) is 0 Å². The van der Waals surface area contributed by atoms with Gasteiger partial charge in [-0.05, 0) is 46.5 Å². The van der Waals surface area contributed by atoms with Crippen molar-refractivity contribution in [1.82, 2.24) is 4.72 Å². The normalized spacial score (nSPS) is 13.7. The molecule has 0 spiro atoms. The van der Waals surface area contributed by atoms with Gasteiger partial charge in [0.15, 0.2) is 0 Å². The Labute approximate surface area is 122 Å². The average Bonchev–Trinajstić information content (AvgIpc) is 2.31. The number of hydrogen-bond acceptors (Lipinski definition) is 4. The summed E-state index contributed by atoms with van der Waals surface area (Å²) in [5.41, 5.74) is 6.05. The fourth-order valence-corrected chi connectivity index (χ4v) is 3.32. The summed E-state index contributed by atoms with van der Waals surface area (Å²) in [5.74, 6) is 0.0923. The van der Waals surface area contributed by atoms with Crippen molar-refractivity contribution in [3.63, 3.8) is 0 Å². The highest BCUT2D eigenvalue weighted by Crippen LogP contribution is 2.23. The van der Waals surface area contributed by atoms with Gasteiger partial charge in [-0.3, -0.25) is 0 Å². The Balaban J connectivity index is 2.99. The van der Waals surface area contributed by atoms with Crippen LogP contribution in [0, 0.1) is 5.92 Å². The summed E-state index contributed by atoms with van der Waals surface area (Å²) < 4.78 is 27.7. The summed E-state index contributed by atoms with van der Waals surface area (Å²) in [6.45, 7) is 3.74. The molecule has 0 radical (unpaired) electrons. The lowest BCUT2D eigenvalue weighted by Crippen LogP contribution is -2.39. The van der Waals surface area contributed by atoms with Gasteiger partial charge in [0.05, 0.1) is 4.90 Å². The second-order valence-electron chi connectivity index (χ2n) is 4.67. The molecule has 0 heterocycles. The minimum absolute atomic E-state index is 0.0617. The summed E-state index contributed by atoms with van der Waals surface area (Å²) in [7, 11) is -3.63. The molecule has 0 saturated heterocycles. The van der Waals surface area contributed by atoms with Crippen LogP contribution in [-0.2, 0) is 10.0 Å². The molecule has 0 aromatic heterocycles. The second-order valence-corrected chi connectivity index (χ2v) is 7.24. The monoisotopic (exact) mass is 350 g/mol. The lowest BCUT2D eigenvalue weighted by atomic mass is 10.0. The summed E-state index contributed by atoms with van der Waals surface area (Å²) in [6.07, 6.45) is 0.378. The van der Waals surface area contributed by atoms with Gasteiger partial charge in [-0.15, -0.1) is 0 Å². The van der Waals surface area contributed by atoms with Gasteiger partial charge in [0.25, 0.3) is 0 Å². The van der Waals surface area contributed by atoms with Crippen molar-refractivity contribution in [2.75, 3.05) is 12.3 Å². The van der Waals surface area contributed by atoms with Crippen LogP contribution in [0.1, 0.15) is 20.3 Å². The van der Waals surface area contributed by atoms with E-state index in [2.05, 4.69) is 20.7 Å². The third kappa shape index (κ3) is 4.45. The molecule has 0 amide bonds. The van der Waals surface area contributed by atoms with Crippen LogP contribution in [0.2, 0.25) is 0 Å². The number of nitrogen functional groups attached to an aromatic ring is 1. The Morgan fingerprint density at radius 2 is 2.05 bits per heavy atom. The molecule has 0 bridgehead atoms. The summed E-state index contributed by atoms with van der Waals surface area (Å²) in [5, 5.41) is 8.97. The van der Waals surface area contributed by atoms with Crippen LogP contribution in [0.15, 0.2) is 27.6 Å². The SMILES string of the molecule is CC(C)C(CCO)NS(=O)(=O)c1ccc(Br)c(N)c1. The minimum Gasteiger partial charge on any atom is -0.398 e. The van der Waals surface area contributed by atoms with Crippen LogP contribution < -0.4 is 10.5 Å². The van der Waals surface area contributed by atoms with Gasteiger partial charge in [0, 0.05) is 22.8 Å². The van der Waals surface area contributed by atoms with Gasteiger partial charge >= 0.3 is 0 Å². The lowest BCUT2D eigenvalue weighted by Gasteiger charge is -2.21. The smallest absolute Gasteiger partial charge is 0.240 e. The number of hydrogen-bond donors (Lipinski definition) is 3. The maximum absolute atomic E-state index is 12.2. The van der Waals surface area contributed by atoms with Crippen molar-refractivity contribution in [2.45, 2.75) is 31.2 Å². The Hall–Kier alpha value is -0.630. The van der Waals surface area contributed by atoms with E-state index < -0.39 is 10.0 Å². The number of halogens is 1. The van der Waals surface area contributed by atoms with Crippen molar-refractivity contribution < 1.29 is 13.5 Å². The van der Waals surface area contributed by atoms with E-state index in [1.165, 1.54) is 12.1 Å². The Kier molecular flexibility index (Phi) is 5.79. The predicted octanol–water partition coefficient (Wildman–Crippen LogP) is 1.72. The molecule has 1 atom stereocenters. The van der Waals surface area contributed by atoms with E-state index in [1.807, 2.05) is 13.8 Å². The first-order valence-electron chi connectivity index (χ1n) is 5.96. The molecule has 7 heteroatoms. The first-order valence-corrected chi connectivity index (χ1v) is 8.23.